The average Bonchev–Trinajstić information content (AvgIpc) is 2.62. The minimum atomic E-state index is -4.47. The predicted octanol–water partition coefficient (Wildman–Crippen LogP) is 2.95. The molecule has 0 amide bonds. The highest BCUT2D eigenvalue weighted by atomic mass is 32.3. The van der Waals surface area contributed by atoms with Crippen LogP contribution in [0.3, 0.4) is 0 Å². The Morgan fingerprint density at radius 3 is 2.24 bits per heavy atom. The van der Waals surface area contributed by atoms with Gasteiger partial charge in [-0.3, -0.25) is 0 Å². The van der Waals surface area contributed by atoms with Gasteiger partial charge >= 0.3 is 4.38 Å². The van der Waals surface area contributed by atoms with Crippen molar-refractivity contribution in [3.05, 3.63) is 48.0 Å². The van der Waals surface area contributed by atoms with E-state index in [-0.39, 0.29) is 4.90 Å². The Morgan fingerprint density at radius 1 is 0.920 bits per heavy atom. The monoisotopic (exact) mass is 378 g/mol. The van der Waals surface area contributed by atoms with Crippen LogP contribution in [0, 0.1) is 0 Å². The zero-order valence-electron chi connectivity index (χ0n) is 13.5. The van der Waals surface area contributed by atoms with E-state index in [1.807, 2.05) is 0 Å². The summed E-state index contributed by atoms with van der Waals surface area (Å²) in [6, 6.07) is 11.4. The first-order valence-corrected chi connectivity index (χ1v) is 11.1. The van der Waals surface area contributed by atoms with E-state index in [2.05, 4.69) is 4.79 Å². The van der Waals surface area contributed by atoms with E-state index >= 15 is 0 Å². The van der Waals surface area contributed by atoms with Crippen molar-refractivity contribution in [1.82, 2.24) is 0 Å². The first kappa shape index (κ1) is 17.8. The van der Waals surface area contributed by atoms with E-state index in [4.69, 9.17) is 0 Å². The lowest BCUT2D eigenvalue weighted by molar-refractivity contribution is 0.00370. The van der Waals surface area contributed by atoms with Crippen molar-refractivity contribution in [2.75, 3.05) is 0 Å². The van der Waals surface area contributed by atoms with E-state index in [1.165, 1.54) is 12.1 Å². The first-order valence-electron chi connectivity index (χ1n) is 8.08. The van der Waals surface area contributed by atoms with Gasteiger partial charge in [0, 0.05) is 5.39 Å². The first-order chi connectivity index (χ1) is 11.9. The predicted molar refractivity (Wildman–Crippen MR) is 95.6 cm³/mol. The molecule has 1 aliphatic rings. The molecule has 0 heterocycles. The quantitative estimate of drug-likeness (QED) is 0.347. The molecule has 1 saturated carbocycles. The summed E-state index contributed by atoms with van der Waals surface area (Å²) in [7, 11) is -8.71. The second kappa shape index (κ2) is 6.71. The van der Waals surface area contributed by atoms with E-state index in [0.29, 0.717) is 23.6 Å². The van der Waals surface area contributed by atoms with Gasteiger partial charge in [-0.25, -0.2) is 16.8 Å². The Balaban J connectivity index is 2.16. The van der Waals surface area contributed by atoms with Crippen molar-refractivity contribution in [3.63, 3.8) is 0 Å². The molecule has 0 unspecified atom stereocenters. The smallest absolute Gasteiger partial charge is 0.359 e. The van der Waals surface area contributed by atoms with Gasteiger partial charge in [0.15, 0.2) is 0 Å². The van der Waals surface area contributed by atoms with Gasteiger partial charge in [-0.1, -0.05) is 55.7 Å². The van der Waals surface area contributed by atoms with Crippen LogP contribution in [-0.2, 0) is 19.7 Å². The van der Waals surface area contributed by atoms with E-state index < -0.39 is 29.3 Å². The maximum Gasteiger partial charge on any atom is 0.499 e. The zero-order chi connectivity index (χ0) is 18.1. The van der Waals surface area contributed by atoms with Crippen molar-refractivity contribution in [1.29, 1.82) is 0 Å². The molecule has 0 aliphatic heterocycles. The lowest BCUT2D eigenvalue weighted by atomic mass is 10.0. The van der Waals surface area contributed by atoms with Crippen molar-refractivity contribution in [3.8, 4) is 0 Å². The number of hydrogen-bond acceptors (Lipinski definition) is 4. The Morgan fingerprint density at radius 2 is 1.56 bits per heavy atom. The SMILES string of the molecule is [N-]=[N+]=C(S(=O)(=O)c1cccc2ccccc12)S(=O)(=O)C1CCCCC1. The van der Waals surface area contributed by atoms with Gasteiger partial charge in [0.05, 0.1) is 10.1 Å². The highest BCUT2D eigenvalue weighted by molar-refractivity contribution is 8.31. The van der Waals surface area contributed by atoms with Crippen LogP contribution >= 0.6 is 0 Å². The van der Waals surface area contributed by atoms with Crippen molar-refractivity contribution >= 4 is 34.8 Å². The Labute approximate surface area is 146 Å². The maximum atomic E-state index is 13.0. The molecule has 1 aliphatic carbocycles. The summed E-state index contributed by atoms with van der Waals surface area (Å²) in [4.78, 5) is 2.56. The van der Waals surface area contributed by atoms with Gasteiger partial charge in [0.2, 0.25) is 0 Å². The summed E-state index contributed by atoms with van der Waals surface area (Å²) in [6.45, 7) is 0. The number of sulfone groups is 2. The van der Waals surface area contributed by atoms with Crippen LogP contribution in [0.4, 0.5) is 0 Å². The third kappa shape index (κ3) is 3.13. The normalized spacial score (nSPS) is 16.5. The summed E-state index contributed by atoms with van der Waals surface area (Å²) < 4.78 is 50.4. The number of hydrogen-bond donors (Lipinski definition) is 0. The number of rotatable bonds is 2. The molecular weight excluding hydrogens is 360 g/mol. The van der Waals surface area contributed by atoms with E-state index in [9.17, 15) is 22.4 Å². The van der Waals surface area contributed by atoms with Crippen LogP contribution < -0.4 is 0 Å². The van der Waals surface area contributed by atoms with Crippen LogP contribution in [0.5, 0.6) is 0 Å². The summed E-state index contributed by atoms with van der Waals surface area (Å²) in [5.74, 6) is 0. The molecule has 2 aromatic rings. The van der Waals surface area contributed by atoms with Crippen LogP contribution in [-0.4, -0.2) is 31.3 Å². The molecule has 132 valence electrons. The second-order valence-electron chi connectivity index (χ2n) is 6.15. The largest absolute Gasteiger partial charge is 0.499 e. The number of fused-ring (bicyclic) bond motifs is 1. The molecule has 0 spiro atoms. The summed E-state index contributed by atoms with van der Waals surface area (Å²) in [6.07, 6.45) is 3.13. The summed E-state index contributed by atoms with van der Waals surface area (Å²) in [5.41, 5.74) is 9.29. The van der Waals surface area contributed by atoms with E-state index in [0.717, 1.165) is 19.3 Å². The lowest BCUT2D eigenvalue weighted by Crippen LogP contribution is -2.35. The third-order valence-corrected chi connectivity index (χ3v) is 9.33. The topological polar surface area (TPSA) is 105 Å². The minimum absolute atomic E-state index is 0.169. The molecular formula is C17H18N2O4S2. The molecule has 0 N–H and O–H groups in total. The Hall–Kier alpha value is -2.02. The molecule has 8 heteroatoms. The fourth-order valence-electron chi connectivity index (χ4n) is 3.31. The van der Waals surface area contributed by atoms with Gasteiger partial charge < -0.3 is 5.53 Å². The molecule has 3 rings (SSSR count). The lowest BCUT2D eigenvalue weighted by Gasteiger charge is -2.19. The van der Waals surface area contributed by atoms with Crippen LogP contribution in [0.2, 0.25) is 0 Å². The molecule has 0 saturated heterocycles. The summed E-state index contributed by atoms with van der Waals surface area (Å²) >= 11 is 0. The highest BCUT2D eigenvalue weighted by Crippen LogP contribution is 2.29. The molecule has 25 heavy (non-hydrogen) atoms. The average molecular weight is 378 g/mol. The fourth-order valence-corrected chi connectivity index (χ4v) is 7.59. The second-order valence-corrected chi connectivity index (χ2v) is 10.4. The standard InChI is InChI=1S/C17H18N2O4S2/c18-19-17(24(20,21)14-9-2-1-3-10-14)25(22,23)16-12-6-8-13-7-4-5-11-15(13)16/h4-8,11-12,14H,1-3,9-10H2. The van der Waals surface area contributed by atoms with Gasteiger partial charge in [-0.2, -0.15) is 0 Å². The van der Waals surface area contributed by atoms with Crippen molar-refractivity contribution in [2.24, 2.45) is 0 Å². The molecule has 0 radical (unpaired) electrons. The summed E-state index contributed by atoms with van der Waals surface area (Å²) in [5, 5.41) is 0.234. The fraction of sp³-hybridized carbons (Fsp3) is 0.353. The number of nitrogens with zero attached hydrogens (tertiary/aromatic N) is 2. The molecule has 1 fully saturated rings. The molecule has 6 nitrogen and oxygen atoms in total. The molecule has 0 atom stereocenters. The van der Waals surface area contributed by atoms with Gasteiger partial charge in [-0.05, 0) is 24.3 Å². The number of benzene rings is 2. The zero-order valence-corrected chi connectivity index (χ0v) is 15.1. The highest BCUT2D eigenvalue weighted by Gasteiger charge is 2.47. The van der Waals surface area contributed by atoms with Crippen LogP contribution in [0.1, 0.15) is 32.1 Å². The Bertz CT molecular complexity index is 1060. The maximum absolute atomic E-state index is 13.0. The molecule has 0 bridgehead atoms. The molecule has 0 aromatic heterocycles. The van der Waals surface area contributed by atoms with Crippen molar-refractivity contribution < 1.29 is 21.6 Å². The minimum Gasteiger partial charge on any atom is -0.359 e. The van der Waals surface area contributed by atoms with E-state index in [1.54, 1.807) is 30.3 Å². The van der Waals surface area contributed by atoms with Crippen LogP contribution in [0.25, 0.3) is 16.3 Å². The van der Waals surface area contributed by atoms with Crippen LogP contribution in [0.15, 0.2) is 47.4 Å². The van der Waals surface area contributed by atoms with Gasteiger partial charge in [0.1, 0.15) is 0 Å². The third-order valence-electron chi connectivity index (χ3n) is 4.59. The molecule has 2 aromatic carbocycles. The van der Waals surface area contributed by atoms with Gasteiger partial charge in [0.25, 0.3) is 19.7 Å². The van der Waals surface area contributed by atoms with Crippen molar-refractivity contribution in [2.45, 2.75) is 42.2 Å². The Kier molecular flexibility index (Phi) is 4.77. The van der Waals surface area contributed by atoms with Gasteiger partial charge in [-0.15, -0.1) is 4.79 Å².